The Hall–Kier alpha value is -1.65. The van der Waals surface area contributed by atoms with Crippen LogP contribution < -0.4 is 0 Å². The molecule has 0 spiro atoms. The summed E-state index contributed by atoms with van der Waals surface area (Å²) in [5.74, 6) is 0.915. The van der Waals surface area contributed by atoms with Crippen LogP contribution in [0.5, 0.6) is 0 Å². The van der Waals surface area contributed by atoms with Crippen LogP contribution in [0.3, 0.4) is 0 Å². The minimum absolute atomic E-state index is 0.241. The highest BCUT2D eigenvalue weighted by molar-refractivity contribution is 5.93. The number of hydrogen-bond donors (Lipinski definition) is 0. The zero-order chi connectivity index (χ0) is 21.0. The fraction of sp³-hybridized carbons (Fsp3) is 0.667. The van der Waals surface area contributed by atoms with Crippen molar-refractivity contribution in [1.29, 1.82) is 0 Å². The van der Waals surface area contributed by atoms with E-state index in [1.165, 1.54) is 45.2 Å². The molecule has 5 rings (SSSR count). The third kappa shape index (κ3) is 5.06. The van der Waals surface area contributed by atoms with E-state index in [1.54, 1.807) is 11.1 Å². The number of piperidine rings is 1. The largest absolute Gasteiger partial charge is 0.376 e. The first-order chi connectivity index (χ1) is 15.3. The molecule has 1 atom stereocenters. The molecule has 0 bridgehead atoms. The van der Waals surface area contributed by atoms with Gasteiger partial charge in [0.25, 0.3) is 0 Å². The first-order valence-corrected chi connectivity index (χ1v) is 12.7. The van der Waals surface area contributed by atoms with Gasteiger partial charge in [0.2, 0.25) is 5.91 Å². The van der Waals surface area contributed by atoms with E-state index < -0.39 is 0 Å². The normalized spacial score (nSPS) is 25.4. The lowest BCUT2D eigenvalue weighted by Gasteiger charge is -2.38. The topological polar surface area (TPSA) is 32.8 Å². The van der Waals surface area contributed by atoms with Gasteiger partial charge in [-0.05, 0) is 94.3 Å². The van der Waals surface area contributed by atoms with E-state index in [-0.39, 0.29) is 6.10 Å². The number of benzene rings is 1. The van der Waals surface area contributed by atoms with Crippen LogP contribution in [0.15, 0.2) is 35.9 Å². The fourth-order valence-corrected chi connectivity index (χ4v) is 6.12. The Kier molecular flexibility index (Phi) is 6.75. The van der Waals surface area contributed by atoms with Gasteiger partial charge in [-0.15, -0.1) is 0 Å². The number of amides is 1. The molecule has 4 nitrogen and oxygen atoms in total. The zero-order valence-electron chi connectivity index (χ0n) is 18.9. The summed E-state index contributed by atoms with van der Waals surface area (Å²) >= 11 is 0. The molecule has 4 heteroatoms. The Morgan fingerprint density at radius 3 is 2.42 bits per heavy atom. The van der Waals surface area contributed by atoms with E-state index >= 15 is 0 Å². The predicted molar refractivity (Wildman–Crippen MR) is 124 cm³/mol. The molecule has 0 aromatic heterocycles. The van der Waals surface area contributed by atoms with Gasteiger partial charge < -0.3 is 9.64 Å². The van der Waals surface area contributed by atoms with E-state index in [9.17, 15) is 4.79 Å². The monoisotopic (exact) mass is 422 g/mol. The molecule has 1 aromatic rings. The quantitative estimate of drug-likeness (QED) is 0.682. The first kappa shape index (κ1) is 21.2. The predicted octanol–water partition coefficient (Wildman–Crippen LogP) is 4.37. The van der Waals surface area contributed by atoms with Crippen LogP contribution in [-0.4, -0.2) is 60.6 Å². The van der Waals surface area contributed by atoms with E-state index in [1.807, 2.05) is 0 Å². The summed E-state index contributed by atoms with van der Waals surface area (Å²) in [6.07, 6.45) is 13.9. The molecule has 2 heterocycles. The highest BCUT2D eigenvalue weighted by Crippen LogP contribution is 2.30. The number of fused-ring (bicyclic) bond motifs is 1. The lowest BCUT2D eigenvalue weighted by Crippen LogP contribution is -2.46. The fourth-order valence-electron chi connectivity index (χ4n) is 6.12. The van der Waals surface area contributed by atoms with Crippen LogP contribution >= 0.6 is 0 Å². The van der Waals surface area contributed by atoms with Crippen molar-refractivity contribution < 1.29 is 9.53 Å². The molecule has 168 valence electrons. The van der Waals surface area contributed by atoms with E-state index in [4.69, 9.17) is 4.74 Å². The van der Waals surface area contributed by atoms with Crippen LogP contribution in [-0.2, 0) is 22.4 Å². The number of rotatable bonds is 6. The second-order valence-electron chi connectivity index (χ2n) is 10.1. The van der Waals surface area contributed by atoms with Crippen molar-refractivity contribution in [2.45, 2.75) is 76.4 Å². The second-order valence-corrected chi connectivity index (χ2v) is 10.1. The second kappa shape index (κ2) is 9.87. The van der Waals surface area contributed by atoms with Gasteiger partial charge in [-0.3, -0.25) is 9.69 Å². The molecular weight excluding hydrogens is 384 g/mol. The lowest BCUT2D eigenvalue weighted by molar-refractivity contribution is -0.130. The van der Waals surface area contributed by atoms with Crippen LogP contribution in [0.1, 0.15) is 62.5 Å². The maximum atomic E-state index is 13.4. The van der Waals surface area contributed by atoms with Crippen LogP contribution in [0.4, 0.5) is 0 Å². The van der Waals surface area contributed by atoms with Gasteiger partial charge in [0.1, 0.15) is 0 Å². The molecular formula is C27H38N2O2. The summed E-state index contributed by atoms with van der Waals surface area (Å²) in [5, 5.41) is 0. The molecule has 2 aliphatic heterocycles. The molecule has 1 amide bonds. The zero-order valence-corrected chi connectivity index (χ0v) is 18.9. The molecule has 31 heavy (non-hydrogen) atoms. The number of carbonyl (C=O) groups is 1. The Labute approximate surface area is 187 Å². The van der Waals surface area contributed by atoms with E-state index in [0.717, 1.165) is 57.4 Å². The van der Waals surface area contributed by atoms with Gasteiger partial charge in [0.05, 0.1) is 6.10 Å². The van der Waals surface area contributed by atoms with Crippen molar-refractivity contribution in [3.05, 3.63) is 47.0 Å². The van der Waals surface area contributed by atoms with Gasteiger partial charge in [-0.2, -0.15) is 0 Å². The summed E-state index contributed by atoms with van der Waals surface area (Å²) in [7, 11) is 0. The average Bonchev–Trinajstić information content (AvgIpc) is 3.49. The molecule has 1 aromatic carbocycles. The highest BCUT2D eigenvalue weighted by Gasteiger charge is 2.32. The summed E-state index contributed by atoms with van der Waals surface area (Å²) in [5.41, 5.74) is 4.15. The number of nitrogens with zero attached hydrogens (tertiary/aromatic N) is 2. The Bertz CT molecular complexity index is 765. The van der Waals surface area contributed by atoms with Crippen molar-refractivity contribution in [3.8, 4) is 0 Å². The third-order valence-corrected chi connectivity index (χ3v) is 7.97. The van der Waals surface area contributed by atoms with Crippen LogP contribution in [0.25, 0.3) is 0 Å². The first-order valence-electron chi connectivity index (χ1n) is 12.7. The van der Waals surface area contributed by atoms with Crippen LogP contribution in [0, 0.1) is 5.92 Å². The number of carbonyl (C=O) groups excluding carboxylic acids is 1. The van der Waals surface area contributed by atoms with E-state index in [0.29, 0.717) is 17.9 Å². The SMILES string of the molecule is O=C(C1=CCCCC1)N(CC1CCN(C2Cc3ccccc3C2)CC1)C[C@@H]1CCCO1. The number of ether oxygens (including phenoxy) is 1. The third-order valence-electron chi connectivity index (χ3n) is 7.97. The maximum absolute atomic E-state index is 13.4. The Morgan fingerprint density at radius 2 is 1.77 bits per heavy atom. The molecule has 0 saturated carbocycles. The minimum atomic E-state index is 0.241. The Morgan fingerprint density at radius 1 is 1.00 bits per heavy atom. The van der Waals surface area contributed by atoms with Gasteiger partial charge in [0, 0.05) is 31.3 Å². The van der Waals surface area contributed by atoms with Gasteiger partial charge in [-0.25, -0.2) is 0 Å². The van der Waals surface area contributed by atoms with Gasteiger partial charge in [-0.1, -0.05) is 30.3 Å². The van der Waals surface area contributed by atoms with Gasteiger partial charge >= 0.3 is 0 Å². The van der Waals surface area contributed by atoms with Crippen LogP contribution in [0.2, 0.25) is 0 Å². The smallest absolute Gasteiger partial charge is 0.249 e. The molecule has 0 N–H and O–H groups in total. The summed E-state index contributed by atoms with van der Waals surface area (Å²) in [6, 6.07) is 9.63. The number of hydrogen-bond acceptors (Lipinski definition) is 3. The van der Waals surface area contributed by atoms with Crippen molar-refractivity contribution in [2.75, 3.05) is 32.8 Å². The summed E-state index contributed by atoms with van der Waals surface area (Å²) in [4.78, 5) is 18.2. The summed E-state index contributed by atoms with van der Waals surface area (Å²) in [6.45, 7) is 4.91. The van der Waals surface area contributed by atoms with E-state index in [2.05, 4.69) is 40.1 Å². The lowest BCUT2D eigenvalue weighted by atomic mass is 9.93. The maximum Gasteiger partial charge on any atom is 0.249 e. The van der Waals surface area contributed by atoms with Crippen molar-refractivity contribution in [3.63, 3.8) is 0 Å². The molecule has 0 unspecified atom stereocenters. The summed E-state index contributed by atoms with van der Waals surface area (Å²) < 4.78 is 5.90. The van der Waals surface area contributed by atoms with Crippen molar-refractivity contribution in [2.24, 2.45) is 5.92 Å². The Balaban J connectivity index is 1.17. The molecule has 2 saturated heterocycles. The van der Waals surface area contributed by atoms with Crippen molar-refractivity contribution >= 4 is 5.91 Å². The number of allylic oxidation sites excluding steroid dienone is 1. The van der Waals surface area contributed by atoms with Gasteiger partial charge in [0.15, 0.2) is 0 Å². The minimum Gasteiger partial charge on any atom is -0.376 e. The molecule has 4 aliphatic rings. The molecule has 0 radical (unpaired) electrons. The highest BCUT2D eigenvalue weighted by atomic mass is 16.5. The molecule has 2 fully saturated rings. The van der Waals surface area contributed by atoms with Crippen molar-refractivity contribution in [1.82, 2.24) is 9.80 Å². The standard InChI is InChI=1S/C27H38N2O2/c30-27(22-7-2-1-3-8-22)29(20-26-11-6-16-31-26)19-21-12-14-28(15-13-21)25-17-23-9-4-5-10-24(23)18-25/h4-5,7,9-10,21,25-26H,1-3,6,8,11-20H2/t26-/m0/s1. The average molecular weight is 423 g/mol. The number of likely N-dealkylation sites (tertiary alicyclic amines) is 1. The molecule has 2 aliphatic carbocycles.